The first kappa shape index (κ1) is 15.0. The van der Waals surface area contributed by atoms with Gasteiger partial charge in [0.05, 0.1) is 6.21 Å². The number of anilines is 1. The molecular weight excluding hydrogens is 268 g/mol. The van der Waals surface area contributed by atoms with E-state index in [0.717, 1.165) is 17.7 Å². The molecule has 0 radical (unpaired) electrons. The minimum absolute atomic E-state index is 0.218. The zero-order valence-electron chi connectivity index (χ0n) is 12.3. The van der Waals surface area contributed by atoms with Crippen LogP contribution in [0.1, 0.15) is 18.4 Å². The van der Waals surface area contributed by atoms with Crippen LogP contribution < -0.4 is 15.6 Å². The van der Waals surface area contributed by atoms with Crippen LogP contribution in [0.4, 0.5) is 5.69 Å². The van der Waals surface area contributed by atoms with Crippen molar-refractivity contribution in [2.75, 3.05) is 25.5 Å². The lowest BCUT2D eigenvalue weighted by Crippen LogP contribution is -2.43. The third-order valence-electron chi connectivity index (χ3n) is 3.40. The van der Waals surface area contributed by atoms with E-state index in [9.17, 15) is 9.59 Å². The van der Waals surface area contributed by atoms with Crippen LogP contribution in [0.5, 0.6) is 0 Å². The van der Waals surface area contributed by atoms with Gasteiger partial charge < -0.3 is 10.2 Å². The van der Waals surface area contributed by atoms with Crippen LogP contribution in [0.15, 0.2) is 29.4 Å². The van der Waals surface area contributed by atoms with Crippen LogP contribution in [-0.2, 0) is 9.59 Å². The predicted octanol–water partition coefficient (Wildman–Crippen LogP) is 0.729. The third-order valence-corrected chi connectivity index (χ3v) is 3.40. The van der Waals surface area contributed by atoms with Crippen molar-refractivity contribution in [1.29, 1.82) is 0 Å². The molecule has 0 bridgehead atoms. The highest BCUT2D eigenvalue weighted by Crippen LogP contribution is 2.12. The van der Waals surface area contributed by atoms with Gasteiger partial charge in [-0.1, -0.05) is 12.1 Å². The monoisotopic (exact) mass is 288 g/mol. The molecule has 2 N–H and O–H groups in total. The summed E-state index contributed by atoms with van der Waals surface area (Å²) >= 11 is 0. The molecule has 0 aromatic heterocycles. The zero-order chi connectivity index (χ0) is 15.2. The highest BCUT2D eigenvalue weighted by molar-refractivity contribution is 6.00. The summed E-state index contributed by atoms with van der Waals surface area (Å²) in [5.41, 5.74) is 4.40. The van der Waals surface area contributed by atoms with Crippen LogP contribution in [0.25, 0.3) is 0 Å². The van der Waals surface area contributed by atoms with E-state index in [-0.39, 0.29) is 11.8 Å². The van der Waals surface area contributed by atoms with Crippen molar-refractivity contribution in [3.8, 4) is 0 Å². The molecule has 1 aromatic rings. The van der Waals surface area contributed by atoms with Crippen molar-refractivity contribution in [3.05, 3.63) is 29.8 Å². The second kappa shape index (κ2) is 6.88. The van der Waals surface area contributed by atoms with Crippen LogP contribution in [0.3, 0.4) is 0 Å². The van der Waals surface area contributed by atoms with E-state index in [1.165, 1.54) is 0 Å². The Bertz CT molecular complexity index is 537. The van der Waals surface area contributed by atoms with Gasteiger partial charge in [-0.2, -0.15) is 5.10 Å². The fraction of sp³-hybridized carbons (Fsp3) is 0.400. The van der Waals surface area contributed by atoms with Gasteiger partial charge in [-0.05, 0) is 30.5 Å². The Morgan fingerprint density at radius 2 is 2.10 bits per heavy atom. The number of hydrazone groups is 1. The summed E-state index contributed by atoms with van der Waals surface area (Å²) in [6.07, 6.45) is 2.96. The molecule has 1 aliphatic rings. The van der Waals surface area contributed by atoms with E-state index >= 15 is 0 Å². The highest BCUT2D eigenvalue weighted by atomic mass is 16.2. The van der Waals surface area contributed by atoms with Gasteiger partial charge in [0.2, 0.25) is 5.91 Å². The summed E-state index contributed by atoms with van der Waals surface area (Å²) in [6.45, 7) is 0.643. The number of nitrogens with one attached hydrogen (secondary N) is 2. The van der Waals surface area contributed by atoms with Crippen LogP contribution in [0.2, 0.25) is 0 Å². The van der Waals surface area contributed by atoms with Gasteiger partial charge in [0, 0.05) is 26.3 Å². The number of hydrogen-bond donors (Lipinski definition) is 2. The van der Waals surface area contributed by atoms with E-state index in [4.69, 9.17) is 0 Å². The maximum atomic E-state index is 11.8. The van der Waals surface area contributed by atoms with Gasteiger partial charge in [-0.15, -0.1) is 0 Å². The molecule has 2 amide bonds. The number of nitrogens with zero attached hydrogens (tertiary/aromatic N) is 2. The minimum Gasteiger partial charge on any atom is -0.378 e. The van der Waals surface area contributed by atoms with Gasteiger partial charge >= 0.3 is 0 Å². The summed E-state index contributed by atoms with van der Waals surface area (Å²) in [4.78, 5) is 25.4. The lowest BCUT2D eigenvalue weighted by molar-refractivity contribution is -0.136. The number of carbonyl (C=O) groups is 2. The van der Waals surface area contributed by atoms with Crippen molar-refractivity contribution in [1.82, 2.24) is 10.7 Å². The molecule has 0 aliphatic carbocycles. The van der Waals surface area contributed by atoms with Crippen molar-refractivity contribution >= 4 is 23.7 Å². The normalized spacial score (nSPS) is 18.4. The van der Waals surface area contributed by atoms with Gasteiger partial charge in [0.1, 0.15) is 5.92 Å². The average molecular weight is 288 g/mol. The molecule has 21 heavy (non-hydrogen) atoms. The third kappa shape index (κ3) is 4.05. The number of rotatable bonds is 4. The van der Waals surface area contributed by atoms with Gasteiger partial charge in [0.25, 0.3) is 5.91 Å². The molecule has 1 aromatic carbocycles. The smallest absolute Gasteiger partial charge is 0.252 e. The molecule has 112 valence electrons. The van der Waals surface area contributed by atoms with E-state index in [0.29, 0.717) is 13.0 Å². The number of amides is 2. The number of benzene rings is 1. The second-order valence-corrected chi connectivity index (χ2v) is 5.21. The minimum atomic E-state index is -0.632. The molecule has 1 heterocycles. The fourth-order valence-corrected chi connectivity index (χ4v) is 2.13. The van der Waals surface area contributed by atoms with Crippen molar-refractivity contribution in [2.24, 2.45) is 11.0 Å². The Balaban J connectivity index is 1.89. The molecule has 0 spiro atoms. The molecule has 0 saturated carbocycles. The molecule has 1 atom stereocenters. The van der Waals surface area contributed by atoms with Crippen molar-refractivity contribution in [3.63, 3.8) is 0 Å². The molecule has 6 nitrogen and oxygen atoms in total. The van der Waals surface area contributed by atoms with Crippen LogP contribution >= 0.6 is 0 Å². The molecule has 1 aliphatic heterocycles. The van der Waals surface area contributed by atoms with Gasteiger partial charge in [0.15, 0.2) is 0 Å². The first-order chi connectivity index (χ1) is 10.1. The summed E-state index contributed by atoms with van der Waals surface area (Å²) in [6, 6.07) is 7.77. The molecule has 1 fully saturated rings. The topological polar surface area (TPSA) is 73.8 Å². The van der Waals surface area contributed by atoms with Crippen LogP contribution in [0, 0.1) is 5.92 Å². The summed E-state index contributed by atoms with van der Waals surface area (Å²) in [5, 5.41) is 6.59. The zero-order valence-corrected chi connectivity index (χ0v) is 12.3. The average Bonchev–Trinajstić information content (AvgIpc) is 2.48. The van der Waals surface area contributed by atoms with Crippen LogP contribution in [-0.4, -0.2) is 38.7 Å². The summed E-state index contributed by atoms with van der Waals surface area (Å²) in [5.74, 6) is -1.20. The quantitative estimate of drug-likeness (QED) is 0.487. The molecular formula is C15H20N4O2. The maximum Gasteiger partial charge on any atom is 0.252 e. The fourth-order valence-electron chi connectivity index (χ4n) is 2.13. The Morgan fingerprint density at radius 1 is 1.38 bits per heavy atom. The Labute approximate surface area is 124 Å². The standard InChI is InChI=1S/C15H20N4O2/c1-19(2)12-7-5-11(6-8-12)10-17-18-15(21)13-4-3-9-16-14(13)20/h5-8,10,13H,3-4,9H2,1-2H3,(H,16,20)(H,18,21)/b17-10-/t13-/m1/s1. The molecule has 2 rings (SSSR count). The lowest BCUT2D eigenvalue weighted by atomic mass is 9.98. The summed E-state index contributed by atoms with van der Waals surface area (Å²) in [7, 11) is 3.94. The SMILES string of the molecule is CN(C)c1ccc(/C=N\NC(=O)[C@@H]2CCCNC2=O)cc1. The van der Waals surface area contributed by atoms with E-state index in [1.54, 1.807) is 6.21 Å². The maximum absolute atomic E-state index is 11.8. The largest absolute Gasteiger partial charge is 0.378 e. The lowest BCUT2D eigenvalue weighted by Gasteiger charge is -2.19. The molecule has 6 heteroatoms. The molecule has 0 unspecified atom stereocenters. The first-order valence-corrected chi connectivity index (χ1v) is 6.96. The number of piperidine rings is 1. The number of carbonyl (C=O) groups excluding carboxylic acids is 2. The Kier molecular flexibility index (Phi) is 4.92. The van der Waals surface area contributed by atoms with Gasteiger partial charge in [-0.3, -0.25) is 9.59 Å². The number of hydrogen-bond acceptors (Lipinski definition) is 4. The highest BCUT2D eigenvalue weighted by Gasteiger charge is 2.28. The summed E-state index contributed by atoms with van der Waals surface area (Å²) < 4.78 is 0. The van der Waals surface area contributed by atoms with E-state index < -0.39 is 5.92 Å². The van der Waals surface area contributed by atoms with E-state index in [2.05, 4.69) is 15.8 Å². The Morgan fingerprint density at radius 3 is 2.71 bits per heavy atom. The predicted molar refractivity (Wildman–Crippen MR) is 82.2 cm³/mol. The Hall–Kier alpha value is -2.37. The first-order valence-electron chi connectivity index (χ1n) is 6.96. The second-order valence-electron chi connectivity index (χ2n) is 5.21. The van der Waals surface area contributed by atoms with Crippen molar-refractivity contribution in [2.45, 2.75) is 12.8 Å². The van der Waals surface area contributed by atoms with Gasteiger partial charge in [-0.25, -0.2) is 5.43 Å². The van der Waals surface area contributed by atoms with E-state index in [1.807, 2.05) is 43.3 Å². The molecule has 1 saturated heterocycles. The van der Waals surface area contributed by atoms with Crippen molar-refractivity contribution < 1.29 is 9.59 Å².